The molecule has 154 valence electrons. The van der Waals surface area contributed by atoms with Gasteiger partial charge >= 0.3 is 12.1 Å². The number of aryl methyl sites for hydroxylation is 2. The number of carbonyl (C=O) groups is 1. The molecule has 10 heteroatoms. The molecule has 0 radical (unpaired) electrons. The van der Waals surface area contributed by atoms with Crippen molar-refractivity contribution < 1.29 is 27.8 Å². The number of ether oxygens (including phenoxy) is 1. The molecule has 0 aliphatic rings. The molecule has 2 heterocycles. The lowest BCUT2D eigenvalue weighted by molar-refractivity contribution is -0.153. The lowest BCUT2D eigenvalue weighted by Crippen LogP contribution is -2.20. The zero-order chi connectivity index (χ0) is 21.3. The van der Waals surface area contributed by atoms with Crippen LogP contribution in [0.4, 0.5) is 24.5 Å². The van der Waals surface area contributed by atoms with E-state index in [4.69, 9.17) is 16.3 Å². The maximum atomic E-state index is 12.7. The third-order valence-corrected chi connectivity index (χ3v) is 4.58. The van der Waals surface area contributed by atoms with Gasteiger partial charge in [0.2, 0.25) is 0 Å². The number of carboxylic acids is 1. The van der Waals surface area contributed by atoms with Gasteiger partial charge in [0.1, 0.15) is 5.65 Å². The number of nitrogens with one attached hydrogen (secondary N) is 1. The SMILES string of the molecule is CCc1nc2c(cc1Nc1ccccc1Cl)c(OCC(F)(F)F)c(C(=O)O)n2C. The summed E-state index contributed by atoms with van der Waals surface area (Å²) in [5.74, 6) is -1.80. The first-order valence-corrected chi connectivity index (χ1v) is 8.96. The van der Waals surface area contributed by atoms with Crippen molar-refractivity contribution >= 4 is 40.0 Å². The number of halogens is 4. The quantitative estimate of drug-likeness (QED) is 0.567. The fourth-order valence-corrected chi connectivity index (χ4v) is 3.16. The molecular weight excluding hydrogens is 411 g/mol. The number of nitrogens with zero attached hydrogens (tertiary/aromatic N) is 2. The van der Waals surface area contributed by atoms with Crippen molar-refractivity contribution in [3.8, 4) is 5.75 Å². The average Bonchev–Trinajstić information content (AvgIpc) is 2.92. The first kappa shape index (κ1) is 20.8. The zero-order valence-corrected chi connectivity index (χ0v) is 16.2. The molecule has 2 aromatic heterocycles. The summed E-state index contributed by atoms with van der Waals surface area (Å²) in [6.07, 6.45) is -4.12. The topological polar surface area (TPSA) is 76.4 Å². The van der Waals surface area contributed by atoms with Crippen molar-refractivity contribution in [1.29, 1.82) is 0 Å². The van der Waals surface area contributed by atoms with Crippen LogP contribution in [0, 0.1) is 0 Å². The fourth-order valence-electron chi connectivity index (χ4n) is 2.98. The van der Waals surface area contributed by atoms with E-state index in [2.05, 4.69) is 10.3 Å². The van der Waals surface area contributed by atoms with E-state index in [-0.39, 0.29) is 16.8 Å². The van der Waals surface area contributed by atoms with Crippen LogP contribution >= 0.6 is 11.6 Å². The van der Waals surface area contributed by atoms with Crippen molar-refractivity contribution in [2.24, 2.45) is 7.05 Å². The smallest absolute Gasteiger partial charge is 0.422 e. The minimum Gasteiger partial charge on any atom is -0.481 e. The zero-order valence-electron chi connectivity index (χ0n) is 15.5. The molecule has 0 unspecified atom stereocenters. The van der Waals surface area contributed by atoms with E-state index in [1.54, 1.807) is 24.3 Å². The van der Waals surface area contributed by atoms with E-state index in [9.17, 15) is 23.1 Å². The Morgan fingerprint density at radius 1 is 1.31 bits per heavy atom. The van der Waals surface area contributed by atoms with E-state index >= 15 is 0 Å². The summed E-state index contributed by atoms with van der Waals surface area (Å²) in [6.45, 7) is 0.239. The number of fused-ring (bicyclic) bond motifs is 1. The summed E-state index contributed by atoms with van der Waals surface area (Å²) in [4.78, 5) is 16.1. The van der Waals surface area contributed by atoms with Crippen LogP contribution < -0.4 is 10.1 Å². The Labute approximate surface area is 168 Å². The van der Waals surface area contributed by atoms with E-state index in [1.807, 2.05) is 6.92 Å². The summed E-state index contributed by atoms with van der Waals surface area (Å²) in [5.41, 5.74) is 1.47. The highest BCUT2D eigenvalue weighted by molar-refractivity contribution is 6.33. The summed E-state index contributed by atoms with van der Waals surface area (Å²) < 4.78 is 44.2. The number of aromatic carboxylic acids is 1. The van der Waals surface area contributed by atoms with Gasteiger partial charge in [0.25, 0.3) is 0 Å². The number of anilines is 2. The van der Waals surface area contributed by atoms with Gasteiger partial charge < -0.3 is 19.7 Å². The maximum absolute atomic E-state index is 12.7. The number of pyridine rings is 1. The minimum absolute atomic E-state index is 0.154. The van der Waals surface area contributed by atoms with Crippen molar-refractivity contribution in [2.45, 2.75) is 19.5 Å². The Bertz CT molecular complexity index is 1080. The number of alkyl halides is 3. The number of hydrogen-bond donors (Lipinski definition) is 2. The largest absolute Gasteiger partial charge is 0.481 e. The Hall–Kier alpha value is -2.94. The number of benzene rings is 1. The highest BCUT2D eigenvalue weighted by Crippen LogP contribution is 2.37. The molecule has 0 aliphatic carbocycles. The van der Waals surface area contributed by atoms with Crippen LogP contribution in [-0.4, -0.2) is 33.4 Å². The summed E-state index contributed by atoms with van der Waals surface area (Å²) in [6, 6.07) is 8.48. The molecular formula is C19H17ClF3N3O3. The van der Waals surface area contributed by atoms with Gasteiger partial charge in [-0.05, 0) is 24.6 Å². The highest BCUT2D eigenvalue weighted by Gasteiger charge is 2.32. The first-order valence-electron chi connectivity index (χ1n) is 8.59. The lowest BCUT2D eigenvalue weighted by atomic mass is 10.2. The molecule has 1 aromatic carbocycles. The van der Waals surface area contributed by atoms with Crippen molar-refractivity contribution in [3.05, 3.63) is 46.7 Å². The molecule has 0 saturated carbocycles. The number of hydrogen-bond acceptors (Lipinski definition) is 4. The van der Waals surface area contributed by atoms with Crippen molar-refractivity contribution in [1.82, 2.24) is 9.55 Å². The number of para-hydroxylation sites is 1. The monoisotopic (exact) mass is 427 g/mol. The second kappa shape index (κ2) is 7.82. The summed E-state index contributed by atoms with van der Waals surface area (Å²) in [7, 11) is 1.42. The average molecular weight is 428 g/mol. The van der Waals surface area contributed by atoms with Gasteiger partial charge in [-0.15, -0.1) is 0 Å². The van der Waals surface area contributed by atoms with E-state index in [0.29, 0.717) is 28.5 Å². The minimum atomic E-state index is -4.62. The van der Waals surface area contributed by atoms with Gasteiger partial charge in [0.15, 0.2) is 18.1 Å². The van der Waals surface area contributed by atoms with Crippen LogP contribution in [0.2, 0.25) is 5.02 Å². The number of carboxylic acid groups (broad SMARTS) is 1. The van der Waals surface area contributed by atoms with Crippen LogP contribution in [0.25, 0.3) is 11.0 Å². The van der Waals surface area contributed by atoms with Gasteiger partial charge in [-0.1, -0.05) is 30.7 Å². The Balaban J connectivity index is 2.19. The molecule has 2 N–H and O–H groups in total. The van der Waals surface area contributed by atoms with Crippen LogP contribution in [0.1, 0.15) is 23.1 Å². The molecule has 0 aliphatic heterocycles. The third kappa shape index (κ3) is 4.24. The van der Waals surface area contributed by atoms with Crippen LogP contribution in [0.5, 0.6) is 5.75 Å². The molecule has 6 nitrogen and oxygen atoms in total. The second-order valence-corrected chi connectivity index (χ2v) is 6.67. The standard InChI is InChI=1S/C19H17ClF3N3O3/c1-3-12-14(24-13-7-5-4-6-11(13)20)8-10-16(29-9-19(21,22)23)15(18(27)28)26(2)17(10)25-12/h4-8,24H,3,9H2,1-2H3,(H,27,28). The molecule has 29 heavy (non-hydrogen) atoms. The fraction of sp³-hybridized carbons (Fsp3) is 0.263. The highest BCUT2D eigenvalue weighted by atomic mass is 35.5. The van der Waals surface area contributed by atoms with E-state index in [0.717, 1.165) is 0 Å². The maximum Gasteiger partial charge on any atom is 0.422 e. The molecule has 0 atom stereocenters. The predicted octanol–water partition coefficient (Wildman–Crippen LogP) is 5.17. The second-order valence-electron chi connectivity index (χ2n) is 6.26. The van der Waals surface area contributed by atoms with Gasteiger partial charge in [0.05, 0.1) is 27.5 Å². The normalized spacial score (nSPS) is 11.7. The van der Waals surface area contributed by atoms with Gasteiger partial charge in [-0.2, -0.15) is 13.2 Å². The first-order chi connectivity index (χ1) is 13.6. The van der Waals surface area contributed by atoms with Gasteiger partial charge in [-0.3, -0.25) is 0 Å². The van der Waals surface area contributed by atoms with Crippen molar-refractivity contribution in [2.75, 3.05) is 11.9 Å². The van der Waals surface area contributed by atoms with Gasteiger partial charge in [0, 0.05) is 7.05 Å². The van der Waals surface area contributed by atoms with Crippen LogP contribution in [-0.2, 0) is 13.5 Å². The molecule has 0 spiro atoms. The lowest BCUT2D eigenvalue weighted by Gasteiger charge is -2.13. The van der Waals surface area contributed by atoms with E-state index < -0.39 is 24.4 Å². The Morgan fingerprint density at radius 3 is 2.59 bits per heavy atom. The van der Waals surface area contributed by atoms with Crippen LogP contribution in [0.3, 0.4) is 0 Å². The predicted molar refractivity (Wildman–Crippen MR) is 103 cm³/mol. The molecule has 0 saturated heterocycles. The number of aromatic nitrogens is 2. The third-order valence-electron chi connectivity index (χ3n) is 4.25. The number of rotatable bonds is 6. The Morgan fingerprint density at radius 2 is 2.00 bits per heavy atom. The van der Waals surface area contributed by atoms with E-state index in [1.165, 1.54) is 17.7 Å². The Kier molecular flexibility index (Phi) is 5.61. The molecule has 0 bridgehead atoms. The van der Waals surface area contributed by atoms with Crippen LogP contribution in [0.15, 0.2) is 30.3 Å². The molecule has 0 fully saturated rings. The molecule has 3 aromatic rings. The van der Waals surface area contributed by atoms with Crippen molar-refractivity contribution in [3.63, 3.8) is 0 Å². The molecule has 3 rings (SSSR count). The summed E-state index contributed by atoms with van der Waals surface area (Å²) in [5, 5.41) is 13.2. The summed E-state index contributed by atoms with van der Waals surface area (Å²) >= 11 is 6.18. The van der Waals surface area contributed by atoms with Gasteiger partial charge in [-0.25, -0.2) is 9.78 Å². The molecule has 0 amide bonds.